The maximum atomic E-state index is 13.4. The zero-order chi connectivity index (χ0) is 19.6. The van der Waals surface area contributed by atoms with Crippen LogP contribution in [0.4, 0.5) is 13.2 Å². The molecule has 0 unspecified atom stereocenters. The summed E-state index contributed by atoms with van der Waals surface area (Å²) in [7, 11) is 1.23. The molecule has 6 nitrogen and oxygen atoms in total. The van der Waals surface area contributed by atoms with Gasteiger partial charge in [0, 0.05) is 17.6 Å². The maximum Gasteiger partial charge on any atom is 0.424 e. The number of halogens is 3. The van der Waals surface area contributed by atoms with E-state index in [2.05, 4.69) is 10.3 Å². The number of aryl methyl sites for hydroxylation is 1. The monoisotopic (exact) mass is 394 g/mol. The lowest BCUT2D eigenvalue weighted by molar-refractivity contribution is -0.267. The highest BCUT2D eigenvalue weighted by Crippen LogP contribution is 2.43. The van der Waals surface area contributed by atoms with Crippen molar-refractivity contribution < 1.29 is 32.6 Å². The third kappa shape index (κ3) is 4.01. The summed E-state index contributed by atoms with van der Waals surface area (Å²) in [6.07, 6.45) is -3.75. The van der Waals surface area contributed by atoms with Crippen molar-refractivity contribution in [2.24, 2.45) is 5.41 Å². The number of alkyl halides is 3. The van der Waals surface area contributed by atoms with E-state index in [1.807, 2.05) is 0 Å². The fourth-order valence-electron chi connectivity index (χ4n) is 3.13. The number of hydrogen-bond acceptors (Lipinski definition) is 6. The minimum Gasteiger partial charge on any atom is -0.469 e. The van der Waals surface area contributed by atoms with Crippen LogP contribution in [-0.4, -0.2) is 41.8 Å². The van der Waals surface area contributed by atoms with Crippen molar-refractivity contribution in [3.63, 3.8) is 0 Å². The highest BCUT2D eigenvalue weighted by Gasteiger charge is 2.58. The molecule has 146 valence electrons. The number of thiazole rings is 1. The van der Waals surface area contributed by atoms with Gasteiger partial charge in [0.25, 0.3) is 0 Å². The Morgan fingerprint density at radius 1 is 1.38 bits per heavy atom. The third-order valence-corrected chi connectivity index (χ3v) is 5.77. The van der Waals surface area contributed by atoms with Crippen LogP contribution < -0.4 is 5.32 Å². The highest BCUT2D eigenvalue weighted by molar-refractivity contribution is 7.09. The molecule has 2 N–H and O–H groups in total. The highest BCUT2D eigenvalue weighted by atomic mass is 32.1. The average Bonchev–Trinajstić information content (AvgIpc) is 3.21. The van der Waals surface area contributed by atoms with Gasteiger partial charge in [0.1, 0.15) is 5.01 Å². The molecule has 0 bridgehead atoms. The average molecular weight is 394 g/mol. The Morgan fingerprint density at radius 2 is 2.00 bits per heavy atom. The summed E-state index contributed by atoms with van der Waals surface area (Å²) in [5, 5.41) is 13.3. The van der Waals surface area contributed by atoms with Gasteiger partial charge in [-0.3, -0.25) is 9.59 Å². The predicted octanol–water partition coefficient (Wildman–Crippen LogP) is 2.44. The van der Waals surface area contributed by atoms with Gasteiger partial charge < -0.3 is 15.2 Å². The Kier molecular flexibility index (Phi) is 5.96. The first-order valence-electron chi connectivity index (χ1n) is 8.11. The zero-order valence-electron chi connectivity index (χ0n) is 14.5. The molecule has 2 rings (SSSR count). The van der Waals surface area contributed by atoms with Crippen LogP contribution in [0, 0.1) is 12.3 Å². The number of nitrogens with zero attached hydrogens (tertiary/aromatic N) is 1. The predicted molar refractivity (Wildman–Crippen MR) is 87.3 cm³/mol. The lowest BCUT2D eigenvalue weighted by atomic mass is 9.86. The molecule has 26 heavy (non-hydrogen) atoms. The van der Waals surface area contributed by atoms with E-state index in [0.29, 0.717) is 29.9 Å². The molecular weight excluding hydrogens is 373 g/mol. The Labute approximate surface area is 152 Å². The second kappa shape index (κ2) is 7.51. The van der Waals surface area contributed by atoms with Crippen molar-refractivity contribution in [1.29, 1.82) is 0 Å². The lowest BCUT2D eigenvalue weighted by Gasteiger charge is -2.29. The molecule has 1 amide bonds. The molecule has 0 saturated heterocycles. The summed E-state index contributed by atoms with van der Waals surface area (Å²) >= 11 is 0.641. The topological polar surface area (TPSA) is 88.5 Å². The largest absolute Gasteiger partial charge is 0.469 e. The Hall–Kier alpha value is -1.68. The molecule has 0 aliphatic heterocycles. The van der Waals surface area contributed by atoms with Gasteiger partial charge in [-0.15, -0.1) is 11.3 Å². The Bertz CT molecular complexity index is 671. The summed E-state index contributed by atoms with van der Waals surface area (Å²) < 4.78 is 45.0. The normalized spacial score (nSPS) is 19.0. The second-order valence-electron chi connectivity index (χ2n) is 6.58. The van der Waals surface area contributed by atoms with E-state index < -0.39 is 40.5 Å². The lowest BCUT2D eigenvalue weighted by Crippen LogP contribution is -2.48. The number of esters is 1. The molecule has 1 saturated carbocycles. The van der Waals surface area contributed by atoms with E-state index in [9.17, 15) is 27.9 Å². The van der Waals surface area contributed by atoms with Crippen LogP contribution in [0.2, 0.25) is 0 Å². The fourth-order valence-corrected chi connectivity index (χ4v) is 4.04. The maximum absolute atomic E-state index is 13.4. The van der Waals surface area contributed by atoms with Crippen LogP contribution >= 0.6 is 11.3 Å². The number of hydrogen-bond donors (Lipinski definition) is 2. The summed E-state index contributed by atoms with van der Waals surface area (Å²) in [6.45, 7) is 1.38. The summed E-state index contributed by atoms with van der Waals surface area (Å²) in [5.41, 5.74) is -3.97. The van der Waals surface area contributed by atoms with Crippen LogP contribution in [0.25, 0.3) is 0 Å². The molecule has 0 aromatic carbocycles. The number of aromatic nitrogens is 1. The van der Waals surface area contributed by atoms with E-state index in [4.69, 9.17) is 4.74 Å². The number of aliphatic hydroxyl groups is 1. The number of ether oxygens (including phenoxy) is 1. The summed E-state index contributed by atoms with van der Waals surface area (Å²) in [5.74, 6) is -1.50. The molecular formula is C16H21F3N2O4S. The van der Waals surface area contributed by atoms with Gasteiger partial charge in [-0.1, -0.05) is 12.8 Å². The van der Waals surface area contributed by atoms with Crippen LogP contribution in [0.5, 0.6) is 0 Å². The number of rotatable bonds is 6. The van der Waals surface area contributed by atoms with Gasteiger partial charge in [-0.25, -0.2) is 4.98 Å². The van der Waals surface area contributed by atoms with Crippen molar-refractivity contribution in [1.82, 2.24) is 10.3 Å². The molecule has 0 radical (unpaired) electrons. The SMILES string of the molecule is COC(=O)C1(CNC(=O)C[C@@](O)(c2nc(C)cs2)C(F)(F)F)CCCC1. The molecule has 1 heterocycles. The summed E-state index contributed by atoms with van der Waals surface area (Å²) in [6, 6.07) is 0. The van der Waals surface area contributed by atoms with E-state index in [1.165, 1.54) is 19.4 Å². The van der Waals surface area contributed by atoms with E-state index >= 15 is 0 Å². The van der Waals surface area contributed by atoms with E-state index in [1.54, 1.807) is 0 Å². The van der Waals surface area contributed by atoms with Crippen molar-refractivity contribution in [3.05, 3.63) is 16.1 Å². The Morgan fingerprint density at radius 3 is 2.46 bits per heavy atom. The molecule has 1 fully saturated rings. The molecule has 1 atom stereocenters. The van der Waals surface area contributed by atoms with Crippen LogP contribution in [0.15, 0.2) is 5.38 Å². The number of carbonyl (C=O) groups is 2. The first-order valence-corrected chi connectivity index (χ1v) is 8.99. The van der Waals surface area contributed by atoms with Crippen molar-refractivity contribution in [2.45, 2.75) is 50.8 Å². The minimum atomic E-state index is -5.07. The van der Waals surface area contributed by atoms with Gasteiger partial charge in [0.05, 0.1) is 18.9 Å². The third-order valence-electron chi connectivity index (χ3n) is 4.66. The first kappa shape index (κ1) is 20.6. The van der Waals surface area contributed by atoms with Gasteiger partial charge in [0.2, 0.25) is 11.5 Å². The van der Waals surface area contributed by atoms with Crippen molar-refractivity contribution in [2.75, 3.05) is 13.7 Å². The quantitative estimate of drug-likeness (QED) is 0.724. The van der Waals surface area contributed by atoms with Gasteiger partial charge >= 0.3 is 12.1 Å². The van der Waals surface area contributed by atoms with Gasteiger partial charge in [0.15, 0.2) is 0 Å². The van der Waals surface area contributed by atoms with Crippen LogP contribution in [-0.2, 0) is 19.9 Å². The molecule has 1 aliphatic rings. The molecule has 0 spiro atoms. The minimum absolute atomic E-state index is 0.122. The first-order chi connectivity index (χ1) is 12.0. The van der Waals surface area contributed by atoms with Crippen LogP contribution in [0.1, 0.15) is 42.8 Å². The number of carbonyl (C=O) groups excluding carboxylic acids is 2. The van der Waals surface area contributed by atoms with Gasteiger partial charge in [-0.05, 0) is 19.8 Å². The molecule has 1 aliphatic carbocycles. The van der Waals surface area contributed by atoms with E-state index in [-0.39, 0.29) is 6.54 Å². The number of amides is 1. The van der Waals surface area contributed by atoms with E-state index in [0.717, 1.165) is 12.8 Å². The fraction of sp³-hybridized carbons (Fsp3) is 0.688. The standard InChI is InChI=1S/C16H21F3N2O4S/c1-10-8-26-12(21-10)15(24,16(17,18)19)7-11(22)20-9-14(13(23)25-2)5-3-4-6-14/h8,24H,3-7,9H2,1-2H3,(H,20,22)/t15-/m1/s1. The number of methoxy groups -OCH3 is 1. The van der Waals surface area contributed by atoms with Crippen molar-refractivity contribution in [3.8, 4) is 0 Å². The summed E-state index contributed by atoms with van der Waals surface area (Å²) in [4.78, 5) is 27.8. The molecule has 1 aromatic heterocycles. The molecule has 1 aromatic rings. The second-order valence-corrected chi connectivity index (χ2v) is 7.44. The van der Waals surface area contributed by atoms with Crippen LogP contribution in [0.3, 0.4) is 0 Å². The number of nitrogens with one attached hydrogen (secondary N) is 1. The Balaban J connectivity index is 2.12. The van der Waals surface area contributed by atoms with Crippen molar-refractivity contribution >= 4 is 23.2 Å². The van der Waals surface area contributed by atoms with Gasteiger partial charge in [-0.2, -0.15) is 13.2 Å². The molecule has 10 heteroatoms. The zero-order valence-corrected chi connectivity index (χ0v) is 15.3. The smallest absolute Gasteiger partial charge is 0.424 e.